The maximum Gasteiger partial charge on any atom is 0.233 e. The van der Waals surface area contributed by atoms with E-state index in [1.807, 2.05) is 0 Å². The van der Waals surface area contributed by atoms with Crippen LogP contribution in [0.15, 0.2) is 18.2 Å². The monoisotopic (exact) mass is 364 g/mol. The number of rotatable bonds is 5. The van der Waals surface area contributed by atoms with Gasteiger partial charge in [-0.2, -0.15) is 0 Å². The zero-order chi connectivity index (χ0) is 18.8. The van der Waals surface area contributed by atoms with Gasteiger partial charge in [-0.25, -0.2) is 8.78 Å². The van der Waals surface area contributed by atoms with Crippen molar-refractivity contribution in [3.05, 3.63) is 35.4 Å². The number of amides is 3. The van der Waals surface area contributed by atoms with Crippen molar-refractivity contribution in [2.45, 2.75) is 38.6 Å². The molecule has 1 aliphatic carbocycles. The fourth-order valence-corrected chi connectivity index (χ4v) is 3.84. The standard InChI is InChI=1S/C19H22F2N2O3/c1-22(11-12-6-7-13(20)10-16(12)21)17(24)8-9-23-18(25)14-4-2-3-5-15(14)19(23)26/h6-7,10,14-15H,2-5,8-9,11H2,1H3. The van der Waals surface area contributed by atoms with E-state index in [2.05, 4.69) is 0 Å². The number of hydrogen-bond donors (Lipinski definition) is 0. The third kappa shape index (κ3) is 3.61. The van der Waals surface area contributed by atoms with Crippen LogP contribution in [0.3, 0.4) is 0 Å². The van der Waals surface area contributed by atoms with Crippen LogP contribution in [-0.2, 0) is 20.9 Å². The van der Waals surface area contributed by atoms with Crippen LogP contribution in [0.4, 0.5) is 8.78 Å². The topological polar surface area (TPSA) is 57.7 Å². The van der Waals surface area contributed by atoms with Gasteiger partial charge in [0.1, 0.15) is 11.6 Å². The molecule has 2 atom stereocenters. The van der Waals surface area contributed by atoms with E-state index < -0.39 is 11.6 Å². The van der Waals surface area contributed by atoms with Crippen molar-refractivity contribution in [2.24, 2.45) is 11.8 Å². The summed E-state index contributed by atoms with van der Waals surface area (Å²) in [6.07, 6.45) is 3.39. The molecule has 140 valence electrons. The van der Waals surface area contributed by atoms with E-state index in [9.17, 15) is 23.2 Å². The number of carbonyl (C=O) groups is 3. The molecular formula is C19H22F2N2O3. The molecule has 3 rings (SSSR count). The summed E-state index contributed by atoms with van der Waals surface area (Å²) in [6, 6.07) is 3.21. The highest BCUT2D eigenvalue weighted by molar-refractivity contribution is 6.05. The lowest BCUT2D eigenvalue weighted by atomic mass is 9.81. The van der Waals surface area contributed by atoms with Gasteiger partial charge in [-0.1, -0.05) is 18.9 Å². The minimum Gasteiger partial charge on any atom is -0.341 e. The van der Waals surface area contributed by atoms with Crippen LogP contribution in [0.25, 0.3) is 0 Å². The van der Waals surface area contributed by atoms with Crippen molar-refractivity contribution < 1.29 is 23.2 Å². The van der Waals surface area contributed by atoms with Gasteiger partial charge in [-0.3, -0.25) is 19.3 Å². The Labute approximate surface area is 150 Å². The molecule has 0 aromatic heterocycles. The van der Waals surface area contributed by atoms with Gasteiger partial charge in [0.25, 0.3) is 0 Å². The van der Waals surface area contributed by atoms with E-state index >= 15 is 0 Å². The summed E-state index contributed by atoms with van der Waals surface area (Å²) in [5.74, 6) is -2.47. The number of nitrogens with zero attached hydrogens (tertiary/aromatic N) is 2. The molecule has 1 saturated carbocycles. The van der Waals surface area contributed by atoms with Crippen molar-refractivity contribution in [1.82, 2.24) is 9.80 Å². The van der Waals surface area contributed by atoms with Crippen LogP contribution >= 0.6 is 0 Å². The third-order valence-electron chi connectivity index (χ3n) is 5.33. The normalized spacial score (nSPS) is 22.5. The van der Waals surface area contributed by atoms with Gasteiger partial charge in [0.2, 0.25) is 17.7 Å². The second-order valence-electron chi connectivity index (χ2n) is 7.06. The Morgan fingerprint density at radius 3 is 2.35 bits per heavy atom. The Morgan fingerprint density at radius 1 is 1.15 bits per heavy atom. The van der Waals surface area contributed by atoms with Gasteiger partial charge in [0, 0.05) is 38.2 Å². The lowest BCUT2D eigenvalue weighted by Crippen LogP contribution is -2.36. The molecule has 7 heteroatoms. The first-order valence-electron chi connectivity index (χ1n) is 8.91. The first kappa shape index (κ1) is 18.5. The smallest absolute Gasteiger partial charge is 0.233 e. The minimum atomic E-state index is -0.710. The summed E-state index contributed by atoms with van der Waals surface area (Å²) >= 11 is 0. The molecule has 1 saturated heterocycles. The van der Waals surface area contributed by atoms with Crippen molar-refractivity contribution >= 4 is 17.7 Å². The number of fused-ring (bicyclic) bond motifs is 1. The first-order valence-corrected chi connectivity index (χ1v) is 8.91. The van der Waals surface area contributed by atoms with Crippen LogP contribution in [0.5, 0.6) is 0 Å². The molecule has 1 heterocycles. The van der Waals surface area contributed by atoms with Crippen LogP contribution in [-0.4, -0.2) is 41.1 Å². The zero-order valence-corrected chi connectivity index (χ0v) is 14.7. The van der Waals surface area contributed by atoms with Gasteiger partial charge in [0.15, 0.2) is 0 Å². The van der Waals surface area contributed by atoms with Crippen LogP contribution < -0.4 is 0 Å². The first-order chi connectivity index (χ1) is 12.4. The van der Waals surface area contributed by atoms with Gasteiger partial charge in [0.05, 0.1) is 11.8 Å². The molecule has 2 fully saturated rings. The summed E-state index contributed by atoms with van der Waals surface area (Å²) in [5.41, 5.74) is 0.210. The molecule has 0 N–H and O–H groups in total. The van der Waals surface area contributed by atoms with E-state index in [0.717, 1.165) is 37.8 Å². The van der Waals surface area contributed by atoms with Gasteiger partial charge < -0.3 is 4.90 Å². The van der Waals surface area contributed by atoms with Crippen molar-refractivity contribution in [3.63, 3.8) is 0 Å². The largest absolute Gasteiger partial charge is 0.341 e. The van der Waals surface area contributed by atoms with E-state index in [4.69, 9.17) is 0 Å². The molecule has 3 amide bonds. The predicted molar refractivity (Wildman–Crippen MR) is 89.6 cm³/mol. The van der Waals surface area contributed by atoms with E-state index in [1.165, 1.54) is 22.9 Å². The number of likely N-dealkylation sites (tertiary alicyclic amines) is 1. The summed E-state index contributed by atoms with van der Waals surface area (Å²) in [6.45, 7) is 0.0534. The maximum absolute atomic E-state index is 13.7. The van der Waals surface area contributed by atoms with Crippen molar-refractivity contribution in [3.8, 4) is 0 Å². The fraction of sp³-hybridized carbons (Fsp3) is 0.526. The molecule has 1 aliphatic heterocycles. The molecule has 1 aromatic rings. The summed E-state index contributed by atoms with van der Waals surface area (Å²) in [4.78, 5) is 39.6. The van der Waals surface area contributed by atoms with E-state index in [-0.39, 0.29) is 54.6 Å². The average molecular weight is 364 g/mol. The summed E-state index contributed by atoms with van der Waals surface area (Å²) in [5, 5.41) is 0. The number of halogens is 2. The molecule has 2 aliphatic rings. The predicted octanol–water partition coefficient (Wildman–Crippen LogP) is 2.49. The molecule has 26 heavy (non-hydrogen) atoms. The summed E-state index contributed by atoms with van der Waals surface area (Å²) < 4.78 is 26.6. The van der Waals surface area contributed by atoms with E-state index in [0.29, 0.717) is 0 Å². The average Bonchev–Trinajstić information content (AvgIpc) is 2.86. The molecule has 0 radical (unpaired) electrons. The number of imide groups is 1. The lowest BCUT2D eigenvalue weighted by molar-refractivity contribution is -0.140. The maximum atomic E-state index is 13.7. The highest BCUT2D eigenvalue weighted by atomic mass is 19.1. The van der Waals surface area contributed by atoms with Crippen LogP contribution in [0, 0.1) is 23.5 Å². The van der Waals surface area contributed by atoms with Crippen LogP contribution in [0.2, 0.25) is 0 Å². The van der Waals surface area contributed by atoms with Gasteiger partial charge >= 0.3 is 0 Å². The molecule has 2 unspecified atom stereocenters. The number of benzene rings is 1. The number of hydrogen-bond acceptors (Lipinski definition) is 3. The highest BCUT2D eigenvalue weighted by Crippen LogP contribution is 2.37. The Kier molecular flexibility index (Phi) is 5.34. The van der Waals surface area contributed by atoms with Crippen molar-refractivity contribution in [2.75, 3.05) is 13.6 Å². The SMILES string of the molecule is CN(Cc1ccc(F)cc1F)C(=O)CCN1C(=O)C2CCCCC2C1=O. The molecule has 0 spiro atoms. The van der Waals surface area contributed by atoms with Gasteiger partial charge in [-0.15, -0.1) is 0 Å². The highest BCUT2D eigenvalue weighted by Gasteiger charge is 2.47. The fourth-order valence-electron chi connectivity index (χ4n) is 3.84. The minimum absolute atomic E-state index is 0.00190. The Bertz CT molecular complexity index is 713. The van der Waals surface area contributed by atoms with E-state index in [1.54, 1.807) is 0 Å². The van der Waals surface area contributed by atoms with Crippen LogP contribution in [0.1, 0.15) is 37.7 Å². The molecular weight excluding hydrogens is 342 g/mol. The zero-order valence-electron chi connectivity index (χ0n) is 14.7. The Morgan fingerprint density at radius 2 is 1.77 bits per heavy atom. The second kappa shape index (κ2) is 7.51. The molecule has 1 aromatic carbocycles. The Balaban J connectivity index is 1.56. The Hall–Kier alpha value is -2.31. The quantitative estimate of drug-likeness (QED) is 0.755. The molecule has 0 bridgehead atoms. The lowest BCUT2D eigenvalue weighted by Gasteiger charge is -2.20. The third-order valence-corrected chi connectivity index (χ3v) is 5.33. The molecule has 5 nitrogen and oxygen atoms in total. The van der Waals surface area contributed by atoms with Crippen molar-refractivity contribution in [1.29, 1.82) is 0 Å². The number of carbonyl (C=O) groups excluding carboxylic acids is 3. The second-order valence-corrected chi connectivity index (χ2v) is 7.06. The summed E-state index contributed by atoms with van der Waals surface area (Å²) in [7, 11) is 1.51. The van der Waals surface area contributed by atoms with Gasteiger partial charge in [-0.05, 0) is 18.9 Å².